The highest BCUT2D eigenvalue weighted by molar-refractivity contribution is 5.82. The molecule has 0 N–H and O–H groups in total. The molecule has 0 aromatic heterocycles. The maximum atomic E-state index is 12.0. The van der Waals surface area contributed by atoms with Crippen LogP contribution in [0, 0.1) is 5.41 Å². The average molecular weight is 278 g/mol. The lowest BCUT2D eigenvalue weighted by molar-refractivity contribution is -0.139. The van der Waals surface area contributed by atoms with Gasteiger partial charge in [0.15, 0.2) is 0 Å². The number of allylic oxidation sites excluding steroid dienone is 1. The molecule has 0 aliphatic carbocycles. The second kappa shape index (κ2) is 5.57. The summed E-state index contributed by atoms with van der Waals surface area (Å²) in [6.07, 6.45) is 3.34. The fourth-order valence-electron chi connectivity index (χ4n) is 2.81. The fraction of sp³-hybridized carbons (Fsp3) is 0.211. The average Bonchev–Trinajstić information content (AvgIpc) is 2.48. The van der Waals surface area contributed by atoms with Crippen LogP contribution in [0.3, 0.4) is 0 Å². The van der Waals surface area contributed by atoms with Crippen LogP contribution in [0.5, 0.6) is 0 Å². The predicted molar refractivity (Wildman–Crippen MR) is 83.4 cm³/mol. The summed E-state index contributed by atoms with van der Waals surface area (Å²) in [7, 11) is 0. The zero-order valence-corrected chi connectivity index (χ0v) is 12.1. The van der Waals surface area contributed by atoms with E-state index >= 15 is 0 Å². The Morgan fingerprint density at radius 1 is 1.00 bits per heavy atom. The topological polar surface area (TPSA) is 26.3 Å². The summed E-state index contributed by atoms with van der Waals surface area (Å²) >= 11 is 0. The van der Waals surface area contributed by atoms with Gasteiger partial charge in [0.25, 0.3) is 0 Å². The number of cyclic esters (lactones) is 1. The summed E-state index contributed by atoms with van der Waals surface area (Å²) in [6, 6.07) is 20.1. The number of hydrogen-bond donors (Lipinski definition) is 0. The third-order valence-corrected chi connectivity index (χ3v) is 3.76. The zero-order valence-electron chi connectivity index (χ0n) is 12.1. The predicted octanol–water partition coefficient (Wildman–Crippen LogP) is 4.22. The van der Waals surface area contributed by atoms with Gasteiger partial charge in [-0.05, 0) is 18.1 Å². The van der Waals surface area contributed by atoms with Crippen molar-refractivity contribution in [2.24, 2.45) is 5.41 Å². The molecule has 0 bridgehead atoms. The van der Waals surface area contributed by atoms with Crippen LogP contribution in [0.1, 0.15) is 24.5 Å². The summed E-state index contributed by atoms with van der Waals surface area (Å²) in [5.41, 5.74) is 1.98. The van der Waals surface area contributed by atoms with Gasteiger partial charge in [0.2, 0.25) is 0 Å². The smallest absolute Gasteiger partial charge is 0.312 e. The molecule has 1 aliphatic heterocycles. The van der Waals surface area contributed by atoms with Crippen LogP contribution in [-0.4, -0.2) is 5.97 Å². The van der Waals surface area contributed by atoms with Crippen molar-refractivity contribution in [3.8, 4) is 0 Å². The molecule has 21 heavy (non-hydrogen) atoms. The first-order valence-electron chi connectivity index (χ1n) is 7.18. The Balaban J connectivity index is 1.92. The van der Waals surface area contributed by atoms with E-state index in [1.54, 1.807) is 0 Å². The molecular weight excluding hydrogens is 260 g/mol. The molecule has 3 rings (SSSR count). The minimum absolute atomic E-state index is 0.158. The molecule has 0 radical (unpaired) electrons. The van der Waals surface area contributed by atoms with Crippen LogP contribution in [0.2, 0.25) is 0 Å². The SMILES string of the molecule is C[C@]1(Cc2ccccc2)C=C(c2ccccc2)OC(=O)C1. The number of carbonyl (C=O) groups is 1. The van der Waals surface area contributed by atoms with Gasteiger partial charge in [-0.25, -0.2) is 0 Å². The van der Waals surface area contributed by atoms with E-state index in [0.717, 1.165) is 12.0 Å². The van der Waals surface area contributed by atoms with Crippen LogP contribution >= 0.6 is 0 Å². The van der Waals surface area contributed by atoms with Crippen molar-refractivity contribution in [1.29, 1.82) is 0 Å². The van der Waals surface area contributed by atoms with Gasteiger partial charge in [-0.15, -0.1) is 0 Å². The minimum atomic E-state index is -0.206. The second-order valence-corrected chi connectivity index (χ2v) is 5.84. The van der Waals surface area contributed by atoms with E-state index < -0.39 is 0 Å². The highest BCUT2D eigenvalue weighted by Crippen LogP contribution is 2.37. The lowest BCUT2D eigenvalue weighted by Crippen LogP contribution is -2.27. The molecule has 0 amide bonds. The highest BCUT2D eigenvalue weighted by atomic mass is 16.5. The molecule has 2 heteroatoms. The van der Waals surface area contributed by atoms with Crippen molar-refractivity contribution in [2.45, 2.75) is 19.8 Å². The molecule has 2 nitrogen and oxygen atoms in total. The molecule has 2 aromatic rings. The molecule has 0 saturated heterocycles. The molecule has 0 saturated carbocycles. The first kappa shape index (κ1) is 13.6. The monoisotopic (exact) mass is 278 g/mol. The van der Waals surface area contributed by atoms with Crippen molar-refractivity contribution in [1.82, 2.24) is 0 Å². The number of ether oxygens (including phenoxy) is 1. The van der Waals surface area contributed by atoms with Crippen LogP contribution in [-0.2, 0) is 16.0 Å². The van der Waals surface area contributed by atoms with E-state index in [0.29, 0.717) is 12.2 Å². The van der Waals surface area contributed by atoms with Crippen molar-refractivity contribution in [2.75, 3.05) is 0 Å². The van der Waals surface area contributed by atoms with Crippen LogP contribution in [0.25, 0.3) is 5.76 Å². The molecule has 1 heterocycles. The van der Waals surface area contributed by atoms with Gasteiger partial charge >= 0.3 is 5.97 Å². The van der Waals surface area contributed by atoms with Gasteiger partial charge in [-0.3, -0.25) is 4.79 Å². The Kier molecular flexibility index (Phi) is 3.61. The Labute approximate surface area is 125 Å². The maximum Gasteiger partial charge on any atom is 0.312 e. The molecule has 1 aliphatic rings. The first-order valence-corrected chi connectivity index (χ1v) is 7.18. The standard InChI is InChI=1S/C19H18O2/c1-19(12-15-8-4-2-5-9-15)13-17(21-18(20)14-19)16-10-6-3-7-11-16/h2-11,13H,12,14H2,1H3/t19-/m0/s1. The second-order valence-electron chi connectivity index (χ2n) is 5.84. The third kappa shape index (κ3) is 3.22. The van der Waals surface area contributed by atoms with Crippen molar-refractivity contribution >= 4 is 11.7 Å². The molecule has 0 spiro atoms. The molecule has 2 aromatic carbocycles. The summed E-state index contributed by atoms with van der Waals surface area (Å²) in [5, 5.41) is 0. The largest absolute Gasteiger partial charge is 0.426 e. The van der Waals surface area contributed by atoms with E-state index in [1.807, 2.05) is 48.5 Å². The van der Waals surface area contributed by atoms with Gasteiger partial charge in [-0.1, -0.05) is 67.6 Å². The van der Waals surface area contributed by atoms with E-state index in [1.165, 1.54) is 5.56 Å². The van der Waals surface area contributed by atoms with Crippen LogP contribution in [0.15, 0.2) is 66.7 Å². The van der Waals surface area contributed by atoms with E-state index in [2.05, 4.69) is 25.1 Å². The normalized spacial score (nSPS) is 21.6. The number of carbonyl (C=O) groups excluding carboxylic acids is 1. The third-order valence-electron chi connectivity index (χ3n) is 3.76. The lowest BCUT2D eigenvalue weighted by Gasteiger charge is -2.30. The summed E-state index contributed by atoms with van der Waals surface area (Å²) in [5.74, 6) is 0.514. The maximum absolute atomic E-state index is 12.0. The number of rotatable bonds is 3. The number of esters is 1. The number of benzene rings is 2. The van der Waals surface area contributed by atoms with E-state index in [-0.39, 0.29) is 11.4 Å². The molecule has 1 atom stereocenters. The Bertz CT molecular complexity index is 658. The molecule has 0 fully saturated rings. The Morgan fingerprint density at radius 2 is 1.62 bits per heavy atom. The summed E-state index contributed by atoms with van der Waals surface area (Å²) in [4.78, 5) is 12.0. The van der Waals surface area contributed by atoms with Gasteiger partial charge in [-0.2, -0.15) is 0 Å². The van der Waals surface area contributed by atoms with Gasteiger partial charge in [0, 0.05) is 11.0 Å². The molecule has 106 valence electrons. The number of hydrogen-bond acceptors (Lipinski definition) is 2. The van der Waals surface area contributed by atoms with Gasteiger partial charge in [0.05, 0.1) is 6.42 Å². The summed E-state index contributed by atoms with van der Waals surface area (Å²) in [6.45, 7) is 2.11. The van der Waals surface area contributed by atoms with Gasteiger partial charge in [0.1, 0.15) is 5.76 Å². The Hall–Kier alpha value is -2.35. The lowest BCUT2D eigenvalue weighted by atomic mass is 9.78. The van der Waals surface area contributed by atoms with Crippen molar-refractivity contribution < 1.29 is 9.53 Å². The first-order chi connectivity index (χ1) is 10.1. The Morgan fingerprint density at radius 3 is 2.29 bits per heavy atom. The quantitative estimate of drug-likeness (QED) is 0.786. The molecule has 0 unspecified atom stereocenters. The molecular formula is C19H18O2. The van der Waals surface area contributed by atoms with E-state index in [9.17, 15) is 4.79 Å². The van der Waals surface area contributed by atoms with E-state index in [4.69, 9.17) is 4.74 Å². The van der Waals surface area contributed by atoms with Crippen LogP contribution < -0.4 is 0 Å². The van der Waals surface area contributed by atoms with Crippen LogP contribution in [0.4, 0.5) is 0 Å². The zero-order chi connectivity index (χ0) is 14.7. The van der Waals surface area contributed by atoms with Gasteiger partial charge < -0.3 is 4.74 Å². The minimum Gasteiger partial charge on any atom is -0.426 e. The summed E-state index contributed by atoms with van der Waals surface area (Å²) < 4.78 is 5.43. The highest BCUT2D eigenvalue weighted by Gasteiger charge is 2.32. The van der Waals surface area contributed by atoms with Crippen molar-refractivity contribution in [3.05, 3.63) is 77.9 Å². The van der Waals surface area contributed by atoms with Crippen molar-refractivity contribution in [3.63, 3.8) is 0 Å². The fourth-order valence-corrected chi connectivity index (χ4v) is 2.81.